The third-order valence-corrected chi connectivity index (χ3v) is 4.54. The van der Waals surface area contributed by atoms with E-state index in [2.05, 4.69) is 19.9 Å². The first-order chi connectivity index (χ1) is 11.0. The summed E-state index contributed by atoms with van der Waals surface area (Å²) in [6, 6.07) is 0.134. The average Bonchev–Trinajstić information content (AvgIpc) is 2.82. The predicted molar refractivity (Wildman–Crippen MR) is 82.5 cm³/mol. The van der Waals surface area contributed by atoms with Crippen LogP contribution in [0, 0.1) is 0 Å². The van der Waals surface area contributed by atoms with E-state index >= 15 is 0 Å². The lowest BCUT2D eigenvalue weighted by molar-refractivity contribution is -0.141. The molecule has 0 saturated carbocycles. The summed E-state index contributed by atoms with van der Waals surface area (Å²) in [6.45, 7) is 3.95. The van der Waals surface area contributed by atoms with Gasteiger partial charge in [0.15, 0.2) is 22.8 Å². The molecule has 4 heterocycles. The molecule has 0 unspecified atom stereocenters. The van der Waals surface area contributed by atoms with Crippen LogP contribution < -0.4 is 4.90 Å². The van der Waals surface area contributed by atoms with Gasteiger partial charge in [0, 0.05) is 13.6 Å². The maximum atomic E-state index is 14.8. The smallest absolute Gasteiger partial charge is 0.226 e. The van der Waals surface area contributed by atoms with Gasteiger partial charge in [-0.15, -0.1) is 0 Å². The van der Waals surface area contributed by atoms with Crippen LogP contribution in [0.1, 0.15) is 12.7 Å². The van der Waals surface area contributed by atoms with E-state index in [-0.39, 0.29) is 24.5 Å². The van der Waals surface area contributed by atoms with Crippen molar-refractivity contribution < 1.29 is 13.9 Å². The molecule has 0 N–H and O–H groups in total. The summed E-state index contributed by atoms with van der Waals surface area (Å²) < 4.78 is 26.9. The molecule has 0 radical (unpaired) electrons. The van der Waals surface area contributed by atoms with Gasteiger partial charge in [-0.25, -0.2) is 9.37 Å². The van der Waals surface area contributed by atoms with Gasteiger partial charge in [-0.2, -0.15) is 9.97 Å². The molecule has 7 nitrogen and oxygen atoms in total. The van der Waals surface area contributed by atoms with Crippen LogP contribution in [-0.4, -0.2) is 58.5 Å². The Bertz CT molecular complexity index is 763. The number of halogens is 2. The van der Waals surface area contributed by atoms with Crippen molar-refractivity contribution in [3.8, 4) is 0 Å². The first kappa shape index (κ1) is 15.0. The highest BCUT2D eigenvalue weighted by atomic mass is 35.5. The van der Waals surface area contributed by atoms with Gasteiger partial charge in [0.1, 0.15) is 0 Å². The number of aromatic nitrogens is 4. The second-order valence-corrected chi connectivity index (χ2v) is 6.40. The van der Waals surface area contributed by atoms with Crippen molar-refractivity contribution >= 4 is 28.6 Å². The summed E-state index contributed by atoms with van der Waals surface area (Å²) >= 11 is 6.09. The van der Waals surface area contributed by atoms with Gasteiger partial charge in [0.2, 0.25) is 11.0 Å². The Hall–Kier alpha value is -1.51. The predicted octanol–water partition coefficient (Wildman–Crippen LogP) is 1.44. The molecule has 2 saturated heterocycles. The Morgan fingerprint density at radius 2 is 2.04 bits per heavy atom. The SMILES string of the molecule is C[C@H]1COCCN1c1nc(Cl)nc2c1nc(C1(F)COC1)n2C. The summed E-state index contributed by atoms with van der Waals surface area (Å²) in [4.78, 5) is 15.2. The Kier molecular flexibility index (Phi) is 3.44. The summed E-state index contributed by atoms with van der Waals surface area (Å²) in [5.41, 5.74) is -0.488. The van der Waals surface area contributed by atoms with Crippen LogP contribution in [0.5, 0.6) is 0 Å². The molecule has 0 aromatic carbocycles. The van der Waals surface area contributed by atoms with Crippen molar-refractivity contribution in [2.24, 2.45) is 7.05 Å². The number of nitrogens with zero attached hydrogens (tertiary/aromatic N) is 5. The van der Waals surface area contributed by atoms with Gasteiger partial charge in [-0.3, -0.25) is 0 Å². The van der Waals surface area contributed by atoms with Crippen molar-refractivity contribution in [1.82, 2.24) is 19.5 Å². The molecule has 0 amide bonds. The summed E-state index contributed by atoms with van der Waals surface area (Å²) in [5.74, 6) is 0.930. The highest BCUT2D eigenvalue weighted by molar-refractivity contribution is 6.28. The van der Waals surface area contributed by atoms with Crippen LogP contribution in [0.2, 0.25) is 5.28 Å². The van der Waals surface area contributed by atoms with Crippen LogP contribution in [0.25, 0.3) is 11.2 Å². The number of ether oxygens (including phenoxy) is 2. The number of alkyl halides is 1. The van der Waals surface area contributed by atoms with E-state index in [1.807, 2.05) is 6.92 Å². The molecule has 2 aromatic rings. The second-order valence-electron chi connectivity index (χ2n) is 6.06. The van der Waals surface area contributed by atoms with E-state index in [1.165, 1.54) is 0 Å². The molecular weight excluding hydrogens is 325 g/mol. The molecular formula is C14H17ClFN5O2. The van der Waals surface area contributed by atoms with Gasteiger partial charge in [-0.1, -0.05) is 0 Å². The largest absolute Gasteiger partial charge is 0.377 e. The Labute approximate surface area is 137 Å². The zero-order chi connectivity index (χ0) is 16.2. The molecule has 0 bridgehead atoms. The molecule has 124 valence electrons. The number of hydrogen-bond donors (Lipinski definition) is 0. The number of hydrogen-bond acceptors (Lipinski definition) is 6. The molecule has 23 heavy (non-hydrogen) atoms. The van der Waals surface area contributed by atoms with Crippen molar-refractivity contribution in [2.45, 2.75) is 18.6 Å². The van der Waals surface area contributed by atoms with Gasteiger partial charge in [0.25, 0.3) is 0 Å². The zero-order valence-electron chi connectivity index (χ0n) is 12.9. The standard InChI is InChI=1S/C14H17ClFN5O2/c1-8-5-22-4-3-21(8)11-9-10(18-13(15)19-11)20(2)12(17-9)14(16)6-23-7-14/h8H,3-7H2,1-2H3/t8-/m0/s1. The first-order valence-electron chi connectivity index (χ1n) is 7.51. The number of imidazole rings is 1. The number of anilines is 1. The quantitative estimate of drug-likeness (QED) is 0.770. The Morgan fingerprint density at radius 3 is 2.70 bits per heavy atom. The van der Waals surface area contributed by atoms with Crippen molar-refractivity contribution in [3.63, 3.8) is 0 Å². The summed E-state index contributed by atoms with van der Waals surface area (Å²) in [7, 11) is 1.74. The topological polar surface area (TPSA) is 65.3 Å². The van der Waals surface area contributed by atoms with Crippen molar-refractivity contribution in [1.29, 1.82) is 0 Å². The van der Waals surface area contributed by atoms with Gasteiger partial charge in [-0.05, 0) is 18.5 Å². The van der Waals surface area contributed by atoms with E-state index < -0.39 is 5.67 Å². The van der Waals surface area contributed by atoms with Gasteiger partial charge >= 0.3 is 0 Å². The van der Waals surface area contributed by atoms with E-state index in [1.54, 1.807) is 11.6 Å². The van der Waals surface area contributed by atoms with E-state index in [9.17, 15) is 4.39 Å². The van der Waals surface area contributed by atoms with Crippen LogP contribution in [0.3, 0.4) is 0 Å². The lowest BCUT2D eigenvalue weighted by Crippen LogP contribution is -2.44. The zero-order valence-corrected chi connectivity index (χ0v) is 13.7. The summed E-state index contributed by atoms with van der Waals surface area (Å²) in [5, 5.41) is 0.124. The fourth-order valence-electron chi connectivity index (χ4n) is 3.07. The van der Waals surface area contributed by atoms with Crippen LogP contribution >= 0.6 is 11.6 Å². The highest BCUT2D eigenvalue weighted by Crippen LogP contribution is 2.36. The molecule has 1 atom stereocenters. The third-order valence-electron chi connectivity index (χ3n) is 4.38. The lowest BCUT2D eigenvalue weighted by atomic mass is 10.0. The average molecular weight is 342 g/mol. The number of morpholine rings is 1. The molecule has 2 aliphatic rings. The maximum absolute atomic E-state index is 14.8. The monoisotopic (exact) mass is 341 g/mol. The molecule has 2 aliphatic heterocycles. The highest BCUT2D eigenvalue weighted by Gasteiger charge is 2.45. The normalized spacial score (nSPS) is 24.0. The number of rotatable bonds is 2. The fourth-order valence-corrected chi connectivity index (χ4v) is 3.23. The molecule has 0 spiro atoms. The molecule has 0 aliphatic carbocycles. The van der Waals surface area contributed by atoms with Crippen LogP contribution in [0.4, 0.5) is 10.2 Å². The minimum Gasteiger partial charge on any atom is -0.377 e. The van der Waals surface area contributed by atoms with Crippen LogP contribution in [0.15, 0.2) is 0 Å². The fraction of sp³-hybridized carbons (Fsp3) is 0.643. The number of aryl methyl sites for hydroxylation is 1. The van der Waals surface area contributed by atoms with Gasteiger partial charge in [0.05, 0.1) is 32.5 Å². The van der Waals surface area contributed by atoms with E-state index in [4.69, 9.17) is 21.1 Å². The van der Waals surface area contributed by atoms with Crippen molar-refractivity contribution in [2.75, 3.05) is 37.9 Å². The minimum absolute atomic E-state index is 0.00854. The minimum atomic E-state index is -1.57. The summed E-state index contributed by atoms with van der Waals surface area (Å²) in [6.07, 6.45) is 0. The lowest BCUT2D eigenvalue weighted by Gasteiger charge is -2.34. The maximum Gasteiger partial charge on any atom is 0.226 e. The molecule has 2 fully saturated rings. The van der Waals surface area contributed by atoms with E-state index in [0.717, 1.165) is 0 Å². The van der Waals surface area contributed by atoms with Crippen LogP contribution in [-0.2, 0) is 22.2 Å². The molecule has 4 rings (SSSR count). The molecule has 9 heteroatoms. The number of fused-ring (bicyclic) bond motifs is 1. The molecule has 2 aromatic heterocycles. The van der Waals surface area contributed by atoms with Gasteiger partial charge < -0.3 is 18.9 Å². The second kappa shape index (κ2) is 5.25. The van der Waals surface area contributed by atoms with E-state index in [0.29, 0.717) is 42.6 Å². The Morgan fingerprint density at radius 1 is 1.26 bits per heavy atom. The third kappa shape index (κ3) is 2.28. The first-order valence-corrected chi connectivity index (χ1v) is 7.89. The van der Waals surface area contributed by atoms with Crippen molar-refractivity contribution in [3.05, 3.63) is 11.1 Å². The Balaban J connectivity index is 1.89.